The Balaban J connectivity index is 2.41. The quantitative estimate of drug-likeness (QED) is 0.635. The van der Waals surface area contributed by atoms with Crippen molar-refractivity contribution >= 4 is 11.5 Å². The summed E-state index contributed by atoms with van der Waals surface area (Å²) in [5.41, 5.74) is 5.15. The highest BCUT2D eigenvalue weighted by molar-refractivity contribution is 5.62. The van der Waals surface area contributed by atoms with Crippen molar-refractivity contribution in [3.05, 3.63) is 20.8 Å². The van der Waals surface area contributed by atoms with Crippen molar-refractivity contribution in [3.8, 4) is 0 Å². The molecule has 20 heavy (non-hydrogen) atoms. The third-order valence-electron chi connectivity index (χ3n) is 3.45. The van der Waals surface area contributed by atoms with Crippen LogP contribution in [0.1, 0.15) is 12.8 Å². The Labute approximate surface area is 115 Å². The first-order valence-corrected chi connectivity index (χ1v) is 6.59. The normalized spacial score (nSPS) is 19.3. The molecular weight excluding hydrogens is 264 g/mol. The number of hydrogen-bond acceptors (Lipinski definition) is 6. The summed E-state index contributed by atoms with van der Waals surface area (Å²) in [6.45, 7) is 1.56. The molecule has 2 rings (SSSR count). The van der Waals surface area contributed by atoms with Crippen LogP contribution in [0.25, 0.3) is 0 Å². The molecule has 2 heterocycles. The molecule has 0 spiro atoms. The number of piperidine rings is 1. The van der Waals surface area contributed by atoms with Crippen LogP contribution in [-0.4, -0.2) is 47.6 Å². The van der Waals surface area contributed by atoms with E-state index in [1.54, 1.807) is 4.90 Å². The highest BCUT2D eigenvalue weighted by atomic mass is 16.5. The molecule has 0 aromatic carbocycles. The van der Waals surface area contributed by atoms with Gasteiger partial charge in [-0.1, -0.05) is 0 Å². The number of ether oxygens (including phenoxy) is 1. The van der Waals surface area contributed by atoms with Crippen LogP contribution in [0, 0.1) is 0 Å². The molecule has 1 aliphatic rings. The number of nitrogens with one attached hydrogen (secondary N) is 1. The van der Waals surface area contributed by atoms with Crippen molar-refractivity contribution in [1.82, 2.24) is 9.55 Å². The van der Waals surface area contributed by atoms with E-state index in [1.165, 1.54) is 11.7 Å². The maximum absolute atomic E-state index is 12.0. The topological polar surface area (TPSA) is 114 Å². The van der Waals surface area contributed by atoms with Gasteiger partial charge in [-0.3, -0.25) is 14.3 Å². The van der Waals surface area contributed by atoms with Gasteiger partial charge in [0.2, 0.25) is 0 Å². The number of aromatic amines is 1. The molecule has 1 aromatic heterocycles. The number of nitrogens with two attached hydrogens (primary N) is 1. The second kappa shape index (κ2) is 6.10. The second-order valence-electron chi connectivity index (χ2n) is 4.88. The number of aliphatic hydroxyl groups is 1. The van der Waals surface area contributed by atoms with E-state index in [9.17, 15) is 14.7 Å². The molecule has 0 bridgehead atoms. The van der Waals surface area contributed by atoms with Gasteiger partial charge in [0, 0.05) is 20.2 Å². The average molecular weight is 284 g/mol. The van der Waals surface area contributed by atoms with Gasteiger partial charge in [0.1, 0.15) is 11.5 Å². The molecule has 0 saturated carbocycles. The summed E-state index contributed by atoms with van der Waals surface area (Å²) in [6.07, 6.45) is 0.997. The fraction of sp³-hybridized carbons (Fsp3) is 0.667. The third kappa shape index (κ3) is 2.86. The molecule has 0 amide bonds. The molecule has 8 heteroatoms. The van der Waals surface area contributed by atoms with Gasteiger partial charge in [-0.05, 0) is 12.8 Å². The molecule has 4 N–H and O–H groups in total. The van der Waals surface area contributed by atoms with Crippen LogP contribution in [0.2, 0.25) is 0 Å². The predicted molar refractivity (Wildman–Crippen MR) is 75.1 cm³/mol. The van der Waals surface area contributed by atoms with Gasteiger partial charge < -0.3 is 20.5 Å². The van der Waals surface area contributed by atoms with Crippen molar-refractivity contribution in [2.45, 2.75) is 25.5 Å². The van der Waals surface area contributed by atoms with Crippen LogP contribution < -0.4 is 21.9 Å². The first-order valence-electron chi connectivity index (χ1n) is 6.59. The summed E-state index contributed by atoms with van der Waals surface area (Å²) >= 11 is 0. The lowest BCUT2D eigenvalue weighted by Crippen LogP contribution is -2.44. The molecular formula is C12H20N4O4. The largest absolute Gasteiger partial charge is 0.391 e. The Bertz CT molecular complexity index is 580. The predicted octanol–water partition coefficient (Wildman–Crippen LogP) is -1.27. The lowest BCUT2D eigenvalue weighted by Gasteiger charge is -2.32. The van der Waals surface area contributed by atoms with E-state index in [-0.39, 0.29) is 18.1 Å². The molecule has 1 aliphatic heterocycles. The zero-order valence-corrected chi connectivity index (χ0v) is 11.5. The number of aliphatic hydroxyl groups excluding tert-OH is 1. The van der Waals surface area contributed by atoms with Gasteiger partial charge in [-0.25, -0.2) is 4.79 Å². The first-order chi connectivity index (χ1) is 9.54. The average Bonchev–Trinajstić information content (AvgIpc) is 2.38. The number of nitrogens with zero attached hydrogens (tertiary/aromatic N) is 2. The highest BCUT2D eigenvalue weighted by Gasteiger charge is 2.24. The first kappa shape index (κ1) is 14.6. The van der Waals surface area contributed by atoms with Crippen molar-refractivity contribution in [2.75, 3.05) is 37.4 Å². The molecule has 1 saturated heterocycles. The number of aromatic nitrogens is 2. The van der Waals surface area contributed by atoms with Gasteiger partial charge in [0.05, 0.1) is 19.3 Å². The van der Waals surface area contributed by atoms with Crippen LogP contribution in [0.5, 0.6) is 0 Å². The molecule has 112 valence electrons. The van der Waals surface area contributed by atoms with Crippen LogP contribution in [0.4, 0.5) is 11.5 Å². The van der Waals surface area contributed by atoms with Crippen LogP contribution in [0.15, 0.2) is 9.59 Å². The minimum atomic E-state index is -0.550. The smallest absolute Gasteiger partial charge is 0.330 e. The lowest BCUT2D eigenvalue weighted by atomic mass is 10.1. The van der Waals surface area contributed by atoms with Gasteiger partial charge in [-0.15, -0.1) is 0 Å². The Morgan fingerprint density at radius 1 is 1.50 bits per heavy atom. The van der Waals surface area contributed by atoms with Gasteiger partial charge in [-0.2, -0.15) is 0 Å². The van der Waals surface area contributed by atoms with Crippen molar-refractivity contribution in [2.24, 2.45) is 0 Å². The number of methoxy groups -OCH3 is 1. The minimum Gasteiger partial charge on any atom is -0.391 e. The Kier molecular flexibility index (Phi) is 4.46. The highest BCUT2D eigenvalue weighted by Crippen LogP contribution is 2.21. The van der Waals surface area contributed by atoms with E-state index in [2.05, 4.69) is 4.98 Å². The number of rotatable bonds is 4. The standard InChI is InChI=1S/C12H20N4O4/c1-20-6-5-16-10(13)9(11(18)14-12(16)19)15-4-2-3-8(17)7-15/h8,17H,2-7,13H2,1H3,(H,14,18,19). The fourth-order valence-electron chi connectivity index (χ4n) is 2.45. The Morgan fingerprint density at radius 2 is 2.25 bits per heavy atom. The summed E-state index contributed by atoms with van der Waals surface area (Å²) in [5.74, 6) is 0.116. The molecule has 1 atom stereocenters. The van der Waals surface area contributed by atoms with E-state index in [0.29, 0.717) is 26.1 Å². The molecule has 0 aliphatic carbocycles. The van der Waals surface area contributed by atoms with Crippen molar-refractivity contribution in [1.29, 1.82) is 0 Å². The lowest BCUT2D eigenvalue weighted by molar-refractivity contribution is 0.154. The van der Waals surface area contributed by atoms with E-state index in [1.807, 2.05) is 0 Å². The van der Waals surface area contributed by atoms with Crippen LogP contribution >= 0.6 is 0 Å². The zero-order valence-electron chi connectivity index (χ0n) is 11.5. The van der Waals surface area contributed by atoms with E-state index in [0.717, 1.165) is 6.42 Å². The summed E-state index contributed by atoms with van der Waals surface area (Å²) in [7, 11) is 1.52. The Morgan fingerprint density at radius 3 is 2.90 bits per heavy atom. The van der Waals surface area contributed by atoms with E-state index in [4.69, 9.17) is 10.5 Å². The second-order valence-corrected chi connectivity index (χ2v) is 4.88. The number of H-pyrrole nitrogens is 1. The fourth-order valence-corrected chi connectivity index (χ4v) is 2.45. The monoisotopic (exact) mass is 284 g/mol. The molecule has 1 aromatic rings. The maximum Gasteiger partial charge on any atom is 0.330 e. The summed E-state index contributed by atoms with van der Waals surface area (Å²) < 4.78 is 6.21. The van der Waals surface area contributed by atoms with E-state index < -0.39 is 17.4 Å². The van der Waals surface area contributed by atoms with Crippen LogP contribution in [0.3, 0.4) is 0 Å². The number of hydrogen-bond donors (Lipinski definition) is 3. The number of anilines is 2. The molecule has 0 radical (unpaired) electrons. The molecule has 1 unspecified atom stereocenters. The molecule has 1 fully saturated rings. The molecule has 8 nitrogen and oxygen atoms in total. The SMILES string of the molecule is COCCn1c(N)c(N2CCCC(O)C2)c(=O)[nH]c1=O. The zero-order chi connectivity index (χ0) is 14.7. The third-order valence-corrected chi connectivity index (χ3v) is 3.45. The van der Waals surface area contributed by atoms with E-state index >= 15 is 0 Å². The van der Waals surface area contributed by atoms with Crippen molar-refractivity contribution in [3.63, 3.8) is 0 Å². The summed E-state index contributed by atoms with van der Waals surface area (Å²) in [5, 5.41) is 9.70. The van der Waals surface area contributed by atoms with Crippen molar-refractivity contribution < 1.29 is 9.84 Å². The summed E-state index contributed by atoms with van der Waals surface area (Å²) in [6, 6.07) is 0. The minimum absolute atomic E-state index is 0.116. The maximum atomic E-state index is 12.0. The van der Waals surface area contributed by atoms with Gasteiger partial charge >= 0.3 is 5.69 Å². The number of nitrogen functional groups attached to an aromatic ring is 1. The van der Waals surface area contributed by atoms with Crippen LogP contribution in [-0.2, 0) is 11.3 Å². The Hall–Kier alpha value is -1.80. The van der Waals surface area contributed by atoms with Gasteiger partial charge in [0.25, 0.3) is 5.56 Å². The van der Waals surface area contributed by atoms with Gasteiger partial charge in [0.15, 0.2) is 0 Å². The number of β-amino-alcohol motifs (C(OH)–C–C–N with tert-alkyl or cyclic N) is 1. The summed E-state index contributed by atoms with van der Waals surface area (Å²) in [4.78, 5) is 27.7.